The van der Waals surface area contributed by atoms with Crippen molar-refractivity contribution in [2.24, 2.45) is 0 Å². The molecule has 0 spiro atoms. The topological polar surface area (TPSA) is 20.3 Å². The third kappa shape index (κ3) is 3.22. The molecular weight excluding hydrogens is 270 g/mol. The van der Waals surface area contributed by atoms with E-state index in [0.29, 0.717) is 13.0 Å². The van der Waals surface area contributed by atoms with Crippen LogP contribution in [0.25, 0.3) is 0 Å². The number of rotatable bonds is 4. The molecule has 3 rings (SSSR count). The van der Waals surface area contributed by atoms with Crippen molar-refractivity contribution in [1.82, 2.24) is 0 Å². The molecule has 2 nitrogen and oxygen atoms in total. The summed E-state index contributed by atoms with van der Waals surface area (Å²) >= 11 is 0. The third-order valence-corrected chi connectivity index (χ3v) is 4.45. The Balaban J connectivity index is 1.76. The van der Waals surface area contributed by atoms with Crippen LogP contribution in [0.1, 0.15) is 36.5 Å². The van der Waals surface area contributed by atoms with Crippen LogP contribution in [0.15, 0.2) is 48.5 Å². The molecule has 0 aliphatic heterocycles. The van der Waals surface area contributed by atoms with Crippen molar-refractivity contribution in [3.05, 3.63) is 65.2 Å². The molecule has 1 amide bonds. The van der Waals surface area contributed by atoms with Crippen LogP contribution >= 0.6 is 0 Å². The number of aryl methyl sites for hydroxylation is 2. The van der Waals surface area contributed by atoms with Crippen molar-refractivity contribution >= 4 is 11.6 Å². The summed E-state index contributed by atoms with van der Waals surface area (Å²) in [5, 5.41) is 0. The van der Waals surface area contributed by atoms with E-state index >= 15 is 0 Å². The maximum Gasteiger partial charge on any atom is 0.231 e. The Morgan fingerprint density at radius 2 is 1.73 bits per heavy atom. The molecule has 2 aromatic rings. The molecule has 2 aromatic carbocycles. The minimum atomic E-state index is 0.171. The fraction of sp³-hybridized carbons (Fsp3) is 0.350. The molecule has 0 aromatic heterocycles. The van der Waals surface area contributed by atoms with Gasteiger partial charge in [0.05, 0.1) is 6.42 Å². The largest absolute Gasteiger partial charge is 0.312 e. The van der Waals surface area contributed by atoms with Crippen LogP contribution in [-0.2, 0) is 24.1 Å². The second kappa shape index (κ2) is 6.78. The Morgan fingerprint density at radius 3 is 2.45 bits per heavy atom. The molecule has 1 aliphatic carbocycles. The average Bonchev–Trinajstić information content (AvgIpc) is 2.56. The summed E-state index contributed by atoms with van der Waals surface area (Å²) in [6.45, 7) is 2.73. The standard InChI is InChI=1S/C20H23NO/c1-2-21(19-10-4-3-5-11-19)20(22)15-16-12-13-17-8-6-7-9-18(17)14-16/h3-5,10-14H,2,6-9,15H2,1H3. The van der Waals surface area contributed by atoms with Crippen molar-refractivity contribution in [2.75, 3.05) is 11.4 Å². The number of amides is 1. The summed E-state index contributed by atoms with van der Waals surface area (Å²) in [4.78, 5) is 14.5. The molecule has 0 bridgehead atoms. The summed E-state index contributed by atoms with van der Waals surface area (Å²) in [6, 6.07) is 16.5. The fourth-order valence-electron chi connectivity index (χ4n) is 3.28. The minimum Gasteiger partial charge on any atom is -0.312 e. The van der Waals surface area contributed by atoms with Crippen molar-refractivity contribution in [3.63, 3.8) is 0 Å². The quantitative estimate of drug-likeness (QED) is 0.829. The summed E-state index contributed by atoms with van der Waals surface area (Å²) in [5.41, 5.74) is 5.03. The molecule has 0 N–H and O–H groups in total. The van der Waals surface area contributed by atoms with E-state index in [1.54, 1.807) is 0 Å². The van der Waals surface area contributed by atoms with Gasteiger partial charge in [-0.2, -0.15) is 0 Å². The van der Waals surface area contributed by atoms with Gasteiger partial charge in [0.1, 0.15) is 0 Å². The Kier molecular flexibility index (Phi) is 4.57. The predicted molar refractivity (Wildman–Crippen MR) is 91.3 cm³/mol. The summed E-state index contributed by atoms with van der Waals surface area (Å²) in [7, 11) is 0. The SMILES string of the molecule is CCN(C(=O)Cc1ccc2c(c1)CCCC2)c1ccccc1. The van der Waals surface area contributed by atoms with Gasteiger partial charge in [0.2, 0.25) is 5.91 Å². The van der Waals surface area contributed by atoms with Gasteiger partial charge >= 0.3 is 0 Å². The minimum absolute atomic E-state index is 0.171. The molecule has 0 saturated heterocycles. The molecule has 114 valence electrons. The lowest BCUT2D eigenvalue weighted by Gasteiger charge is -2.22. The van der Waals surface area contributed by atoms with Crippen molar-refractivity contribution in [2.45, 2.75) is 39.0 Å². The molecule has 0 heterocycles. The Bertz CT molecular complexity index is 648. The first kappa shape index (κ1) is 14.8. The number of carbonyl (C=O) groups is 1. The van der Waals surface area contributed by atoms with Crippen LogP contribution in [-0.4, -0.2) is 12.5 Å². The smallest absolute Gasteiger partial charge is 0.231 e. The normalized spacial score (nSPS) is 13.5. The number of fused-ring (bicyclic) bond motifs is 1. The Hall–Kier alpha value is -2.09. The van der Waals surface area contributed by atoms with E-state index in [4.69, 9.17) is 0 Å². The number of hydrogen-bond acceptors (Lipinski definition) is 1. The summed E-state index contributed by atoms with van der Waals surface area (Å²) in [5.74, 6) is 0.171. The lowest BCUT2D eigenvalue weighted by molar-refractivity contribution is -0.117. The van der Waals surface area contributed by atoms with E-state index < -0.39 is 0 Å². The zero-order valence-electron chi connectivity index (χ0n) is 13.2. The molecule has 0 unspecified atom stereocenters. The second-order valence-electron chi connectivity index (χ2n) is 5.96. The molecule has 0 atom stereocenters. The third-order valence-electron chi connectivity index (χ3n) is 4.45. The van der Waals surface area contributed by atoms with E-state index in [0.717, 1.165) is 17.7 Å². The van der Waals surface area contributed by atoms with Gasteiger partial charge in [-0.05, 0) is 61.4 Å². The monoisotopic (exact) mass is 293 g/mol. The van der Waals surface area contributed by atoms with Gasteiger partial charge in [0, 0.05) is 12.2 Å². The summed E-state index contributed by atoms with van der Waals surface area (Å²) in [6.07, 6.45) is 5.40. The van der Waals surface area contributed by atoms with E-state index in [9.17, 15) is 4.79 Å². The molecular formula is C20H23NO. The van der Waals surface area contributed by atoms with Gasteiger partial charge in [0.25, 0.3) is 0 Å². The Morgan fingerprint density at radius 1 is 1.00 bits per heavy atom. The molecule has 0 fully saturated rings. The van der Waals surface area contributed by atoms with Gasteiger partial charge in [-0.3, -0.25) is 4.79 Å². The number of carbonyl (C=O) groups excluding carboxylic acids is 1. The van der Waals surface area contributed by atoms with Gasteiger partial charge < -0.3 is 4.90 Å². The maximum absolute atomic E-state index is 12.6. The van der Waals surface area contributed by atoms with Gasteiger partial charge in [0.15, 0.2) is 0 Å². The first-order chi connectivity index (χ1) is 10.8. The molecule has 22 heavy (non-hydrogen) atoms. The molecule has 0 saturated carbocycles. The number of hydrogen-bond donors (Lipinski definition) is 0. The van der Waals surface area contributed by atoms with Crippen LogP contribution in [0.4, 0.5) is 5.69 Å². The van der Waals surface area contributed by atoms with Crippen LogP contribution in [0.5, 0.6) is 0 Å². The first-order valence-corrected chi connectivity index (χ1v) is 8.24. The highest BCUT2D eigenvalue weighted by Crippen LogP contribution is 2.23. The van der Waals surface area contributed by atoms with Crippen LogP contribution in [0.2, 0.25) is 0 Å². The lowest BCUT2D eigenvalue weighted by atomic mass is 9.90. The maximum atomic E-state index is 12.6. The highest BCUT2D eigenvalue weighted by atomic mass is 16.2. The number of para-hydroxylation sites is 1. The molecule has 0 radical (unpaired) electrons. The fourth-order valence-corrected chi connectivity index (χ4v) is 3.28. The van der Waals surface area contributed by atoms with Crippen molar-refractivity contribution in [3.8, 4) is 0 Å². The number of likely N-dealkylation sites (N-methyl/N-ethyl adjacent to an activating group) is 1. The van der Waals surface area contributed by atoms with E-state index in [2.05, 4.69) is 18.2 Å². The van der Waals surface area contributed by atoms with E-state index in [1.807, 2.05) is 42.2 Å². The van der Waals surface area contributed by atoms with Crippen molar-refractivity contribution in [1.29, 1.82) is 0 Å². The number of benzene rings is 2. The zero-order chi connectivity index (χ0) is 15.4. The lowest BCUT2D eigenvalue weighted by Crippen LogP contribution is -2.32. The van der Waals surface area contributed by atoms with E-state index in [-0.39, 0.29) is 5.91 Å². The van der Waals surface area contributed by atoms with E-state index in [1.165, 1.54) is 30.4 Å². The second-order valence-corrected chi connectivity index (χ2v) is 5.96. The highest BCUT2D eigenvalue weighted by molar-refractivity contribution is 5.94. The predicted octanol–water partition coefficient (Wildman–Crippen LogP) is 4.16. The van der Waals surface area contributed by atoms with Crippen LogP contribution in [0.3, 0.4) is 0 Å². The van der Waals surface area contributed by atoms with Gasteiger partial charge in [-0.25, -0.2) is 0 Å². The highest BCUT2D eigenvalue weighted by Gasteiger charge is 2.16. The molecule has 2 heteroatoms. The van der Waals surface area contributed by atoms with Crippen molar-refractivity contribution < 1.29 is 4.79 Å². The van der Waals surface area contributed by atoms with Gasteiger partial charge in [-0.15, -0.1) is 0 Å². The zero-order valence-corrected chi connectivity index (χ0v) is 13.2. The van der Waals surface area contributed by atoms with Crippen LogP contribution < -0.4 is 4.90 Å². The number of anilines is 1. The van der Waals surface area contributed by atoms with Crippen LogP contribution in [0, 0.1) is 0 Å². The molecule has 1 aliphatic rings. The first-order valence-electron chi connectivity index (χ1n) is 8.24. The van der Waals surface area contributed by atoms with Gasteiger partial charge in [-0.1, -0.05) is 36.4 Å². The number of nitrogens with zero attached hydrogens (tertiary/aromatic N) is 1. The summed E-state index contributed by atoms with van der Waals surface area (Å²) < 4.78 is 0. The average molecular weight is 293 g/mol. The Labute approximate surface area is 132 Å².